The third-order valence-corrected chi connectivity index (χ3v) is 5.80. The van der Waals surface area contributed by atoms with Crippen LogP contribution in [0.15, 0.2) is 0 Å². The summed E-state index contributed by atoms with van der Waals surface area (Å²) in [4.78, 5) is 11.0. The molecule has 5 heteroatoms. The monoisotopic (exact) mass is 273 g/mol. The van der Waals surface area contributed by atoms with E-state index in [2.05, 4.69) is 0 Å². The Balaban J connectivity index is 1.94. The highest BCUT2D eigenvalue weighted by Crippen LogP contribution is 2.47. The van der Waals surface area contributed by atoms with Crippen molar-refractivity contribution in [3.63, 3.8) is 0 Å². The van der Waals surface area contributed by atoms with E-state index in [9.17, 15) is 4.79 Å². The smallest absolute Gasteiger partial charge is 0.321 e. The van der Waals surface area contributed by atoms with Crippen LogP contribution in [0.1, 0.15) is 46.0 Å². The number of thioether (sulfide) groups is 1. The van der Waals surface area contributed by atoms with Gasteiger partial charge in [-0.25, -0.2) is 0 Å². The zero-order valence-electron chi connectivity index (χ0n) is 11.1. The molecule has 2 fully saturated rings. The van der Waals surface area contributed by atoms with Gasteiger partial charge in [0, 0.05) is 16.6 Å². The summed E-state index contributed by atoms with van der Waals surface area (Å²) in [6, 6.07) is -0.817. The van der Waals surface area contributed by atoms with Crippen molar-refractivity contribution in [3.05, 3.63) is 0 Å². The van der Waals surface area contributed by atoms with Crippen molar-refractivity contribution in [1.82, 2.24) is 0 Å². The highest BCUT2D eigenvalue weighted by molar-refractivity contribution is 8.01. The third kappa shape index (κ3) is 2.83. The van der Waals surface area contributed by atoms with Crippen molar-refractivity contribution in [2.24, 2.45) is 5.73 Å². The molecule has 2 aliphatic rings. The number of hydrogen-bond donors (Lipinski definition) is 2. The van der Waals surface area contributed by atoms with E-state index in [4.69, 9.17) is 15.6 Å². The summed E-state index contributed by atoms with van der Waals surface area (Å²) in [5.74, 6) is -0.919. The van der Waals surface area contributed by atoms with Gasteiger partial charge in [0.15, 0.2) is 0 Å². The molecule has 0 aromatic carbocycles. The molecule has 1 unspecified atom stereocenters. The molecule has 18 heavy (non-hydrogen) atoms. The van der Waals surface area contributed by atoms with E-state index in [1.54, 1.807) is 11.8 Å². The summed E-state index contributed by atoms with van der Waals surface area (Å²) in [6.07, 6.45) is 5.63. The lowest BCUT2D eigenvalue weighted by atomic mass is 9.75. The van der Waals surface area contributed by atoms with Gasteiger partial charge in [-0.05, 0) is 46.0 Å². The van der Waals surface area contributed by atoms with Crippen molar-refractivity contribution in [2.45, 2.75) is 67.6 Å². The number of carbonyl (C=O) groups is 1. The lowest BCUT2D eigenvalue weighted by Gasteiger charge is -2.48. The Hall–Kier alpha value is -0.260. The minimum absolute atomic E-state index is 0.110. The fourth-order valence-corrected chi connectivity index (χ4v) is 4.51. The second-order valence-electron chi connectivity index (χ2n) is 6.04. The summed E-state index contributed by atoms with van der Waals surface area (Å²) in [7, 11) is 0. The molecule has 0 bridgehead atoms. The number of carboxylic acids is 1. The first kappa shape index (κ1) is 14.2. The van der Waals surface area contributed by atoms with Crippen LogP contribution in [0.5, 0.6) is 0 Å². The first-order chi connectivity index (χ1) is 8.35. The highest BCUT2D eigenvalue weighted by atomic mass is 32.2. The maximum absolute atomic E-state index is 11.0. The predicted octanol–water partition coefficient (Wildman–Crippen LogP) is 2.01. The van der Waals surface area contributed by atoms with Crippen LogP contribution in [-0.2, 0) is 9.53 Å². The standard InChI is InChI=1S/C13H23NO3S/c1-12(2,10(14)11(15)16)18-9-4-7-17-13(8-9)5-3-6-13/h9-10H,3-8,14H2,1-2H3,(H,15,16)/t9?,10-/m1/s1. The molecular formula is C13H23NO3S. The Kier molecular flexibility index (Phi) is 3.95. The van der Waals surface area contributed by atoms with Gasteiger partial charge in [-0.1, -0.05) is 0 Å². The summed E-state index contributed by atoms with van der Waals surface area (Å²) < 4.78 is 5.46. The Bertz CT molecular complexity index is 328. The van der Waals surface area contributed by atoms with E-state index >= 15 is 0 Å². The van der Waals surface area contributed by atoms with E-state index in [1.807, 2.05) is 13.8 Å². The van der Waals surface area contributed by atoms with Gasteiger partial charge in [0.2, 0.25) is 0 Å². The molecule has 1 saturated heterocycles. The maximum atomic E-state index is 11.0. The molecule has 1 saturated carbocycles. The highest BCUT2D eigenvalue weighted by Gasteiger charge is 2.45. The predicted molar refractivity (Wildman–Crippen MR) is 72.8 cm³/mol. The lowest BCUT2D eigenvalue weighted by molar-refractivity contribution is -0.139. The molecule has 2 rings (SSSR count). The fourth-order valence-electron chi connectivity index (χ4n) is 2.80. The van der Waals surface area contributed by atoms with E-state index in [1.165, 1.54) is 6.42 Å². The SMILES string of the molecule is CC(C)(SC1CCOC2(CCC2)C1)[C@H](N)C(=O)O. The first-order valence-electron chi connectivity index (χ1n) is 6.65. The molecule has 1 aliphatic carbocycles. The van der Waals surface area contributed by atoms with Gasteiger partial charge in [0.05, 0.1) is 5.60 Å². The Morgan fingerprint density at radius 1 is 1.56 bits per heavy atom. The van der Waals surface area contributed by atoms with Gasteiger partial charge in [-0.2, -0.15) is 0 Å². The lowest BCUT2D eigenvalue weighted by Crippen LogP contribution is -2.50. The maximum Gasteiger partial charge on any atom is 0.321 e. The van der Waals surface area contributed by atoms with Gasteiger partial charge >= 0.3 is 5.97 Å². The van der Waals surface area contributed by atoms with Crippen molar-refractivity contribution in [1.29, 1.82) is 0 Å². The topological polar surface area (TPSA) is 72.5 Å². The molecule has 0 aromatic heterocycles. The Labute approximate surface area is 113 Å². The van der Waals surface area contributed by atoms with Crippen LogP contribution in [0.4, 0.5) is 0 Å². The number of carboxylic acid groups (broad SMARTS) is 1. The second kappa shape index (κ2) is 5.02. The number of ether oxygens (including phenoxy) is 1. The number of rotatable bonds is 4. The summed E-state index contributed by atoms with van der Waals surface area (Å²) in [6.45, 7) is 4.66. The molecule has 1 spiro atoms. The number of hydrogen-bond acceptors (Lipinski definition) is 4. The van der Waals surface area contributed by atoms with Crippen LogP contribution in [0, 0.1) is 0 Å². The van der Waals surface area contributed by atoms with Gasteiger partial charge < -0.3 is 15.6 Å². The van der Waals surface area contributed by atoms with E-state index in [0.29, 0.717) is 5.25 Å². The van der Waals surface area contributed by atoms with Crippen molar-refractivity contribution < 1.29 is 14.6 Å². The summed E-state index contributed by atoms with van der Waals surface area (Å²) in [5, 5.41) is 9.52. The van der Waals surface area contributed by atoms with Crippen LogP contribution in [0.2, 0.25) is 0 Å². The van der Waals surface area contributed by atoms with Gasteiger partial charge in [-0.3, -0.25) is 4.79 Å². The van der Waals surface area contributed by atoms with Crippen LogP contribution in [0.3, 0.4) is 0 Å². The van der Waals surface area contributed by atoms with Crippen molar-refractivity contribution >= 4 is 17.7 Å². The van der Waals surface area contributed by atoms with E-state index < -0.39 is 16.8 Å². The van der Waals surface area contributed by atoms with Gasteiger partial charge in [-0.15, -0.1) is 11.8 Å². The molecular weight excluding hydrogens is 250 g/mol. The minimum atomic E-state index is -0.919. The fraction of sp³-hybridized carbons (Fsp3) is 0.923. The molecule has 3 N–H and O–H groups in total. The van der Waals surface area contributed by atoms with Crippen LogP contribution in [-0.4, -0.2) is 39.3 Å². The largest absolute Gasteiger partial charge is 0.480 e. The Morgan fingerprint density at radius 3 is 2.72 bits per heavy atom. The van der Waals surface area contributed by atoms with Crippen LogP contribution in [0.25, 0.3) is 0 Å². The third-order valence-electron chi connectivity index (χ3n) is 4.20. The zero-order chi connectivity index (χ0) is 13.4. The molecule has 0 amide bonds. The number of aliphatic carboxylic acids is 1. The van der Waals surface area contributed by atoms with Crippen molar-refractivity contribution in [2.75, 3.05) is 6.61 Å². The minimum Gasteiger partial charge on any atom is -0.480 e. The molecule has 104 valence electrons. The van der Waals surface area contributed by atoms with Crippen LogP contribution < -0.4 is 5.73 Å². The van der Waals surface area contributed by atoms with Gasteiger partial charge in [0.25, 0.3) is 0 Å². The quantitative estimate of drug-likeness (QED) is 0.820. The molecule has 0 radical (unpaired) electrons. The molecule has 0 aromatic rings. The van der Waals surface area contributed by atoms with E-state index in [-0.39, 0.29) is 5.60 Å². The number of nitrogens with two attached hydrogens (primary N) is 1. The molecule has 2 atom stereocenters. The second-order valence-corrected chi connectivity index (χ2v) is 7.99. The molecule has 1 heterocycles. The zero-order valence-corrected chi connectivity index (χ0v) is 12.0. The average Bonchev–Trinajstić information content (AvgIpc) is 2.25. The van der Waals surface area contributed by atoms with E-state index in [0.717, 1.165) is 32.3 Å². The molecule has 4 nitrogen and oxygen atoms in total. The average molecular weight is 273 g/mol. The van der Waals surface area contributed by atoms with Crippen molar-refractivity contribution in [3.8, 4) is 0 Å². The summed E-state index contributed by atoms with van der Waals surface area (Å²) >= 11 is 1.72. The molecule has 1 aliphatic heterocycles. The summed E-state index contributed by atoms with van der Waals surface area (Å²) in [5.41, 5.74) is 5.88. The Morgan fingerprint density at radius 2 is 2.22 bits per heavy atom. The first-order valence-corrected chi connectivity index (χ1v) is 7.53. The normalized spacial score (nSPS) is 28.7. The van der Waals surface area contributed by atoms with Gasteiger partial charge in [0.1, 0.15) is 6.04 Å². The van der Waals surface area contributed by atoms with Crippen LogP contribution >= 0.6 is 11.8 Å².